The lowest BCUT2D eigenvalue weighted by atomic mass is 9.85. The average Bonchev–Trinajstić information content (AvgIpc) is 2.88. The van der Waals surface area contributed by atoms with E-state index in [0.29, 0.717) is 17.2 Å². The molecule has 1 aliphatic rings. The van der Waals surface area contributed by atoms with Crippen molar-refractivity contribution in [2.45, 2.75) is 18.5 Å². The zero-order chi connectivity index (χ0) is 23.4. The van der Waals surface area contributed by atoms with Gasteiger partial charge in [-0.05, 0) is 52.9 Å². The van der Waals surface area contributed by atoms with Crippen LogP contribution in [-0.2, 0) is 6.42 Å². The summed E-state index contributed by atoms with van der Waals surface area (Å²) in [7, 11) is 6.58. The number of hydrogen-bond donors (Lipinski definition) is 1. The zero-order valence-electron chi connectivity index (χ0n) is 19.6. The SMILES string of the molecule is COc1ccc([C@H]2c3cc(OC)c(OC)cc3CCN2[C@@H](CO)c2ccccc2)cc1OC. The molecule has 1 aliphatic heterocycles. The van der Waals surface area contributed by atoms with E-state index in [-0.39, 0.29) is 18.7 Å². The van der Waals surface area contributed by atoms with Gasteiger partial charge in [-0.2, -0.15) is 0 Å². The zero-order valence-corrected chi connectivity index (χ0v) is 19.6. The summed E-state index contributed by atoms with van der Waals surface area (Å²) in [5.41, 5.74) is 4.46. The van der Waals surface area contributed by atoms with E-state index in [1.165, 1.54) is 5.56 Å². The molecule has 6 heteroatoms. The monoisotopic (exact) mass is 449 g/mol. The molecule has 33 heavy (non-hydrogen) atoms. The predicted octanol–water partition coefficient (Wildman–Crippen LogP) is 4.40. The van der Waals surface area contributed by atoms with Gasteiger partial charge in [0.25, 0.3) is 0 Å². The van der Waals surface area contributed by atoms with Crippen LogP contribution >= 0.6 is 0 Å². The fraction of sp³-hybridized carbons (Fsp3) is 0.333. The van der Waals surface area contributed by atoms with Crippen molar-refractivity contribution < 1.29 is 24.1 Å². The minimum absolute atomic E-state index is 0.0103. The highest BCUT2D eigenvalue weighted by Gasteiger charge is 2.35. The normalized spacial score (nSPS) is 16.6. The van der Waals surface area contributed by atoms with E-state index >= 15 is 0 Å². The van der Waals surface area contributed by atoms with Crippen molar-refractivity contribution in [3.8, 4) is 23.0 Å². The first-order chi connectivity index (χ1) is 16.1. The number of aliphatic hydroxyl groups is 1. The number of aliphatic hydroxyl groups excluding tert-OH is 1. The quantitative estimate of drug-likeness (QED) is 0.550. The van der Waals surface area contributed by atoms with Crippen molar-refractivity contribution in [2.75, 3.05) is 41.6 Å². The lowest BCUT2D eigenvalue weighted by Gasteiger charge is -2.42. The maximum absolute atomic E-state index is 10.5. The van der Waals surface area contributed by atoms with Crippen molar-refractivity contribution in [3.05, 3.63) is 82.9 Å². The van der Waals surface area contributed by atoms with E-state index < -0.39 is 0 Å². The highest BCUT2D eigenvalue weighted by atomic mass is 16.5. The second kappa shape index (κ2) is 10.1. The number of methoxy groups -OCH3 is 4. The Morgan fingerprint density at radius 3 is 2.09 bits per heavy atom. The first kappa shape index (κ1) is 23.0. The van der Waals surface area contributed by atoms with E-state index in [4.69, 9.17) is 18.9 Å². The molecular formula is C27H31NO5. The van der Waals surface area contributed by atoms with Gasteiger partial charge in [0.05, 0.1) is 47.1 Å². The van der Waals surface area contributed by atoms with Gasteiger partial charge in [-0.3, -0.25) is 4.90 Å². The van der Waals surface area contributed by atoms with Gasteiger partial charge in [0.1, 0.15) is 0 Å². The Morgan fingerprint density at radius 2 is 1.45 bits per heavy atom. The van der Waals surface area contributed by atoms with Crippen LogP contribution < -0.4 is 18.9 Å². The molecular weight excluding hydrogens is 418 g/mol. The molecule has 0 saturated carbocycles. The Morgan fingerprint density at radius 1 is 0.818 bits per heavy atom. The minimum Gasteiger partial charge on any atom is -0.493 e. The molecule has 1 heterocycles. The number of benzene rings is 3. The first-order valence-electron chi connectivity index (χ1n) is 11.0. The molecule has 2 atom stereocenters. The van der Waals surface area contributed by atoms with Crippen LogP contribution in [0.15, 0.2) is 60.7 Å². The van der Waals surface area contributed by atoms with Gasteiger partial charge in [-0.15, -0.1) is 0 Å². The van der Waals surface area contributed by atoms with Crippen LogP contribution in [0.4, 0.5) is 0 Å². The summed E-state index contributed by atoms with van der Waals surface area (Å²) in [6.45, 7) is 0.790. The molecule has 0 amide bonds. The van der Waals surface area contributed by atoms with Crippen LogP contribution in [0.3, 0.4) is 0 Å². The molecule has 0 radical (unpaired) electrons. The van der Waals surface area contributed by atoms with Crippen LogP contribution in [0, 0.1) is 0 Å². The second-order valence-corrected chi connectivity index (χ2v) is 8.02. The molecule has 0 saturated heterocycles. The van der Waals surface area contributed by atoms with Gasteiger partial charge in [0.2, 0.25) is 0 Å². The molecule has 0 bridgehead atoms. The highest BCUT2D eigenvalue weighted by molar-refractivity contribution is 5.53. The molecule has 0 unspecified atom stereocenters. The predicted molar refractivity (Wildman–Crippen MR) is 128 cm³/mol. The minimum atomic E-state index is -0.162. The van der Waals surface area contributed by atoms with Crippen LogP contribution in [-0.4, -0.2) is 51.6 Å². The van der Waals surface area contributed by atoms with E-state index in [1.807, 2.05) is 30.3 Å². The van der Waals surface area contributed by atoms with E-state index in [0.717, 1.165) is 35.4 Å². The van der Waals surface area contributed by atoms with Crippen LogP contribution in [0.5, 0.6) is 23.0 Å². The van der Waals surface area contributed by atoms with Crippen molar-refractivity contribution in [3.63, 3.8) is 0 Å². The van der Waals surface area contributed by atoms with Crippen LogP contribution in [0.25, 0.3) is 0 Å². The van der Waals surface area contributed by atoms with Crippen LogP contribution in [0.1, 0.15) is 34.3 Å². The maximum atomic E-state index is 10.5. The van der Waals surface area contributed by atoms with E-state index in [1.54, 1.807) is 28.4 Å². The molecule has 3 aromatic rings. The summed E-state index contributed by atoms with van der Waals surface area (Å²) in [5.74, 6) is 2.75. The third kappa shape index (κ3) is 4.36. The summed E-state index contributed by atoms with van der Waals surface area (Å²) >= 11 is 0. The molecule has 3 aromatic carbocycles. The summed E-state index contributed by atoms with van der Waals surface area (Å²) in [5, 5.41) is 10.5. The van der Waals surface area contributed by atoms with Crippen molar-refractivity contribution in [1.29, 1.82) is 0 Å². The lowest BCUT2D eigenvalue weighted by Crippen LogP contribution is -2.40. The lowest BCUT2D eigenvalue weighted by molar-refractivity contribution is 0.0900. The van der Waals surface area contributed by atoms with E-state index in [9.17, 15) is 5.11 Å². The smallest absolute Gasteiger partial charge is 0.161 e. The Bertz CT molecular complexity index is 1090. The van der Waals surface area contributed by atoms with Crippen LogP contribution in [0.2, 0.25) is 0 Å². The molecule has 0 aromatic heterocycles. The van der Waals surface area contributed by atoms with Gasteiger partial charge in [-0.25, -0.2) is 0 Å². The molecule has 0 aliphatic carbocycles. The molecule has 6 nitrogen and oxygen atoms in total. The number of hydrogen-bond acceptors (Lipinski definition) is 6. The van der Waals surface area contributed by atoms with Crippen molar-refractivity contribution in [2.24, 2.45) is 0 Å². The number of fused-ring (bicyclic) bond motifs is 1. The Kier molecular flexibility index (Phi) is 7.06. The average molecular weight is 450 g/mol. The fourth-order valence-corrected chi connectivity index (χ4v) is 4.77. The third-order valence-corrected chi connectivity index (χ3v) is 6.39. The Hall–Kier alpha value is -3.22. The number of rotatable bonds is 8. The highest BCUT2D eigenvalue weighted by Crippen LogP contribution is 2.45. The molecule has 174 valence electrons. The maximum Gasteiger partial charge on any atom is 0.161 e. The summed E-state index contributed by atoms with van der Waals surface area (Å²) < 4.78 is 22.3. The standard InChI is InChI=1S/C27H31NO5/c1-30-23-11-10-20(15-24(23)31-2)27-21-16-26(33-4)25(32-3)14-19(21)12-13-28(27)22(17-29)18-8-6-5-7-9-18/h5-11,14-16,22,27,29H,12-13,17H2,1-4H3/t22-,27-/m0/s1. The van der Waals surface area contributed by atoms with Gasteiger partial charge in [0, 0.05) is 6.54 Å². The molecule has 1 N–H and O–H groups in total. The summed E-state index contributed by atoms with van der Waals surface area (Å²) in [6, 6.07) is 20.0. The summed E-state index contributed by atoms with van der Waals surface area (Å²) in [4.78, 5) is 2.35. The third-order valence-electron chi connectivity index (χ3n) is 6.39. The van der Waals surface area contributed by atoms with Crippen molar-refractivity contribution >= 4 is 0 Å². The molecule has 4 rings (SSSR count). The van der Waals surface area contributed by atoms with E-state index in [2.05, 4.69) is 35.2 Å². The van der Waals surface area contributed by atoms with Gasteiger partial charge in [-0.1, -0.05) is 36.4 Å². The topological polar surface area (TPSA) is 60.4 Å². The van der Waals surface area contributed by atoms with Gasteiger partial charge >= 0.3 is 0 Å². The fourth-order valence-electron chi connectivity index (χ4n) is 4.77. The summed E-state index contributed by atoms with van der Waals surface area (Å²) in [6.07, 6.45) is 0.836. The largest absolute Gasteiger partial charge is 0.493 e. The second-order valence-electron chi connectivity index (χ2n) is 8.02. The molecule has 0 fully saturated rings. The van der Waals surface area contributed by atoms with Gasteiger partial charge < -0.3 is 24.1 Å². The molecule has 0 spiro atoms. The number of nitrogens with zero attached hydrogens (tertiary/aromatic N) is 1. The Labute approximate surface area is 195 Å². The van der Waals surface area contributed by atoms with Gasteiger partial charge in [0.15, 0.2) is 23.0 Å². The number of ether oxygens (including phenoxy) is 4. The van der Waals surface area contributed by atoms with Crippen molar-refractivity contribution in [1.82, 2.24) is 4.90 Å². The first-order valence-corrected chi connectivity index (χ1v) is 11.0. The Balaban J connectivity index is 1.89.